The lowest BCUT2D eigenvalue weighted by Crippen LogP contribution is -2.38. The van der Waals surface area contributed by atoms with Crippen LogP contribution in [0.4, 0.5) is 0 Å². The van der Waals surface area contributed by atoms with Gasteiger partial charge in [0.05, 0.1) is 18.8 Å². The van der Waals surface area contributed by atoms with Gasteiger partial charge < -0.3 is 10.1 Å². The molecule has 1 amide bonds. The number of ether oxygens (including phenoxy) is 1. The lowest BCUT2D eigenvalue weighted by Gasteiger charge is -2.25. The summed E-state index contributed by atoms with van der Waals surface area (Å²) in [5.74, 6) is 0.0289. The van der Waals surface area contributed by atoms with Gasteiger partial charge in [-0.15, -0.1) is 0 Å². The van der Waals surface area contributed by atoms with Gasteiger partial charge >= 0.3 is 0 Å². The van der Waals surface area contributed by atoms with Crippen molar-refractivity contribution in [1.29, 1.82) is 0 Å². The zero-order chi connectivity index (χ0) is 16.4. The molecule has 24 heavy (non-hydrogen) atoms. The molecule has 1 aromatic heterocycles. The maximum Gasteiger partial charge on any atom is 0.249 e. The number of nitrogens with zero attached hydrogens (tertiary/aromatic N) is 2. The smallest absolute Gasteiger partial charge is 0.249 e. The molecule has 1 aliphatic carbocycles. The van der Waals surface area contributed by atoms with Crippen molar-refractivity contribution in [3.05, 3.63) is 53.3 Å². The van der Waals surface area contributed by atoms with E-state index in [2.05, 4.69) is 39.4 Å². The summed E-state index contributed by atoms with van der Waals surface area (Å²) in [6, 6.07) is 10.4. The van der Waals surface area contributed by atoms with E-state index in [1.54, 1.807) is 0 Å². The highest BCUT2D eigenvalue weighted by Crippen LogP contribution is 2.30. The van der Waals surface area contributed by atoms with Crippen LogP contribution in [0.15, 0.2) is 36.5 Å². The van der Waals surface area contributed by atoms with Crippen molar-refractivity contribution in [2.45, 2.75) is 50.8 Å². The first-order valence-electron chi connectivity index (χ1n) is 8.82. The van der Waals surface area contributed by atoms with E-state index in [1.165, 1.54) is 16.8 Å². The molecular formula is C19H23N3O2. The second kappa shape index (κ2) is 6.77. The molecule has 2 heterocycles. The molecule has 2 atom stereocenters. The Hall–Kier alpha value is -2.14. The fourth-order valence-corrected chi connectivity index (χ4v) is 3.71. The molecule has 4 rings (SSSR count). The first-order valence-corrected chi connectivity index (χ1v) is 8.82. The van der Waals surface area contributed by atoms with Crippen molar-refractivity contribution < 1.29 is 9.53 Å². The summed E-state index contributed by atoms with van der Waals surface area (Å²) in [6.07, 6.45) is 6.54. The van der Waals surface area contributed by atoms with Gasteiger partial charge in [-0.2, -0.15) is 5.10 Å². The Balaban J connectivity index is 1.50. The van der Waals surface area contributed by atoms with Crippen LogP contribution in [0.3, 0.4) is 0 Å². The largest absolute Gasteiger partial charge is 0.368 e. The van der Waals surface area contributed by atoms with Crippen molar-refractivity contribution in [2.75, 3.05) is 6.61 Å². The predicted molar refractivity (Wildman–Crippen MR) is 90.6 cm³/mol. The van der Waals surface area contributed by atoms with Gasteiger partial charge in [-0.3, -0.25) is 9.48 Å². The Kier molecular flexibility index (Phi) is 4.34. The minimum absolute atomic E-state index is 0.0289. The van der Waals surface area contributed by atoms with Gasteiger partial charge in [0, 0.05) is 17.9 Å². The summed E-state index contributed by atoms with van der Waals surface area (Å²) in [5.41, 5.74) is 3.67. The van der Waals surface area contributed by atoms with E-state index in [0.717, 1.165) is 38.6 Å². The fourth-order valence-electron chi connectivity index (χ4n) is 3.71. The molecule has 2 aliphatic rings. The van der Waals surface area contributed by atoms with E-state index in [-0.39, 0.29) is 18.1 Å². The second-order valence-electron chi connectivity index (χ2n) is 6.64. The quantitative estimate of drug-likeness (QED) is 0.940. The average Bonchev–Trinajstić information content (AvgIpc) is 3.27. The van der Waals surface area contributed by atoms with Crippen LogP contribution in [-0.4, -0.2) is 28.4 Å². The number of hydrogen-bond acceptors (Lipinski definition) is 3. The topological polar surface area (TPSA) is 56.2 Å². The van der Waals surface area contributed by atoms with Crippen LogP contribution in [0, 0.1) is 0 Å². The number of fused-ring (bicyclic) bond motifs is 1. The second-order valence-corrected chi connectivity index (χ2v) is 6.64. The summed E-state index contributed by atoms with van der Waals surface area (Å²) in [6.45, 7) is 1.48. The van der Waals surface area contributed by atoms with E-state index in [4.69, 9.17) is 4.74 Å². The molecule has 0 spiro atoms. The maximum atomic E-state index is 12.4. The van der Waals surface area contributed by atoms with E-state index >= 15 is 0 Å². The van der Waals surface area contributed by atoms with Gasteiger partial charge in [0.15, 0.2) is 0 Å². The molecule has 5 nitrogen and oxygen atoms in total. The van der Waals surface area contributed by atoms with Crippen molar-refractivity contribution >= 4 is 5.91 Å². The van der Waals surface area contributed by atoms with Crippen molar-refractivity contribution in [2.24, 2.45) is 0 Å². The van der Waals surface area contributed by atoms with Crippen LogP contribution in [0.1, 0.15) is 48.5 Å². The van der Waals surface area contributed by atoms with Crippen molar-refractivity contribution in [1.82, 2.24) is 15.1 Å². The normalized spacial score (nSPS) is 23.0. The number of carbonyl (C=O) groups excluding carboxylic acids is 1. The number of aromatic nitrogens is 2. The van der Waals surface area contributed by atoms with Crippen LogP contribution in [-0.2, 0) is 22.5 Å². The molecule has 126 valence electrons. The number of benzene rings is 1. The molecule has 1 N–H and O–H groups in total. The number of carbonyl (C=O) groups is 1. The summed E-state index contributed by atoms with van der Waals surface area (Å²) in [7, 11) is 0. The fraction of sp³-hybridized carbons (Fsp3) is 0.474. The highest BCUT2D eigenvalue weighted by molar-refractivity contribution is 5.81. The van der Waals surface area contributed by atoms with Crippen molar-refractivity contribution in [3.63, 3.8) is 0 Å². The van der Waals surface area contributed by atoms with Crippen LogP contribution < -0.4 is 5.32 Å². The Bertz CT molecular complexity index is 705. The van der Waals surface area contributed by atoms with E-state index in [9.17, 15) is 4.79 Å². The van der Waals surface area contributed by atoms with Gasteiger partial charge in [-0.25, -0.2) is 0 Å². The summed E-state index contributed by atoms with van der Waals surface area (Å²) in [4.78, 5) is 12.4. The lowest BCUT2D eigenvalue weighted by atomic mass is 9.92. The molecule has 1 saturated heterocycles. The first-order chi connectivity index (χ1) is 11.8. The maximum absolute atomic E-state index is 12.4. The molecule has 1 aliphatic heterocycles. The zero-order valence-electron chi connectivity index (χ0n) is 13.8. The number of amides is 1. The lowest BCUT2D eigenvalue weighted by molar-refractivity contribution is -0.130. The number of hydrogen-bond donors (Lipinski definition) is 1. The van der Waals surface area contributed by atoms with Gasteiger partial charge in [-0.05, 0) is 37.7 Å². The Morgan fingerprint density at radius 2 is 2.12 bits per heavy atom. The summed E-state index contributed by atoms with van der Waals surface area (Å²) < 4.78 is 7.57. The molecule has 0 bridgehead atoms. The Morgan fingerprint density at radius 3 is 2.92 bits per heavy atom. The highest BCUT2D eigenvalue weighted by atomic mass is 16.5. The third-order valence-electron chi connectivity index (χ3n) is 4.98. The average molecular weight is 325 g/mol. The van der Waals surface area contributed by atoms with Gasteiger partial charge in [0.2, 0.25) is 5.91 Å². The van der Waals surface area contributed by atoms with E-state index in [0.29, 0.717) is 6.61 Å². The van der Waals surface area contributed by atoms with Gasteiger partial charge in [-0.1, -0.05) is 30.3 Å². The Labute approximate surface area is 142 Å². The minimum atomic E-state index is -0.269. The minimum Gasteiger partial charge on any atom is -0.368 e. The molecule has 0 saturated carbocycles. The van der Waals surface area contributed by atoms with Crippen LogP contribution in [0.5, 0.6) is 0 Å². The third-order valence-corrected chi connectivity index (χ3v) is 4.98. The standard InChI is InChI=1S/C19H23N3O2/c23-19(18-10-5-11-24-18)21-16-8-4-9-17-15(16)12-20-22(17)13-14-6-2-1-3-7-14/h1-3,6-7,12,16,18H,4-5,8-11,13H2,(H,21,23)/t16-,18-/m1/s1. The first kappa shape index (κ1) is 15.4. The molecular weight excluding hydrogens is 302 g/mol. The molecule has 0 radical (unpaired) electrons. The van der Waals surface area contributed by atoms with Crippen LogP contribution >= 0.6 is 0 Å². The zero-order valence-corrected chi connectivity index (χ0v) is 13.8. The monoisotopic (exact) mass is 325 g/mol. The molecule has 1 aromatic carbocycles. The number of nitrogens with one attached hydrogen (secondary N) is 1. The molecule has 1 fully saturated rings. The predicted octanol–water partition coefficient (Wildman–Crippen LogP) is 2.60. The summed E-state index contributed by atoms with van der Waals surface area (Å²) in [5, 5.41) is 7.76. The van der Waals surface area contributed by atoms with E-state index < -0.39 is 0 Å². The van der Waals surface area contributed by atoms with E-state index in [1.807, 2.05) is 12.3 Å². The van der Waals surface area contributed by atoms with Crippen molar-refractivity contribution in [3.8, 4) is 0 Å². The SMILES string of the molecule is O=C(N[C@@H]1CCCc2c1cnn2Cc1ccccc1)[C@H]1CCCO1. The van der Waals surface area contributed by atoms with Crippen LogP contribution in [0.25, 0.3) is 0 Å². The molecule has 5 heteroatoms. The van der Waals surface area contributed by atoms with Crippen LogP contribution in [0.2, 0.25) is 0 Å². The number of rotatable bonds is 4. The van der Waals surface area contributed by atoms with Gasteiger partial charge in [0.1, 0.15) is 6.10 Å². The molecule has 0 unspecified atom stereocenters. The third kappa shape index (κ3) is 3.08. The Morgan fingerprint density at radius 1 is 1.25 bits per heavy atom. The summed E-state index contributed by atoms with van der Waals surface area (Å²) >= 11 is 0. The highest BCUT2D eigenvalue weighted by Gasteiger charge is 2.29. The molecule has 2 aromatic rings. The van der Waals surface area contributed by atoms with Gasteiger partial charge in [0.25, 0.3) is 0 Å².